The van der Waals surface area contributed by atoms with Gasteiger partial charge in [0.05, 0.1) is 17.8 Å². The van der Waals surface area contributed by atoms with Gasteiger partial charge in [-0.05, 0) is 159 Å². The molecule has 9 N–H and O–H groups in total. The summed E-state index contributed by atoms with van der Waals surface area (Å²) in [5.41, 5.74) is 23.7. The van der Waals surface area contributed by atoms with Crippen molar-refractivity contribution in [2.45, 2.75) is 130 Å². The van der Waals surface area contributed by atoms with Crippen LogP contribution < -0.4 is 27.7 Å². The lowest BCUT2D eigenvalue weighted by molar-refractivity contribution is -0.142. The maximum absolute atomic E-state index is 14.0. The van der Waals surface area contributed by atoms with Crippen LogP contribution in [0, 0.1) is 34.6 Å². The Labute approximate surface area is 403 Å². The highest BCUT2D eigenvalue weighted by molar-refractivity contribution is 5.91. The number of aromatic amines is 1. The monoisotopic (exact) mass is 939 g/mol. The molecule has 0 unspecified atom stereocenters. The van der Waals surface area contributed by atoms with Crippen molar-refractivity contribution in [1.29, 1.82) is 0 Å². The number of aromatic nitrogens is 2. The number of H-pyrrole nitrogens is 1. The van der Waals surface area contributed by atoms with Crippen molar-refractivity contribution >= 4 is 23.6 Å². The molecule has 0 saturated heterocycles. The van der Waals surface area contributed by atoms with Crippen molar-refractivity contribution < 1.29 is 29.4 Å². The van der Waals surface area contributed by atoms with Crippen LogP contribution >= 0.6 is 0 Å². The van der Waals surface area contributed by atoms with Crippen LogP contribution in [-0.4, -0.2) is 90.9 Å². The van der Waals surface area contributed by atoms with Gasteiger partial charge in [0.1, 0.15) is 29.3 Å². The van der Waals surface area contributed by atoms with E-state index in [1.807, 2.05) is 83.1 Å². The minimum Gasteiger partial charge on any atom is -0.508 e. The lowest BCUT2D eigenvalue weighted by Crippen LogP contribution is -2.56. The molecule has 0 spiro atoms. The van der Waals surface area contributed by atoms with Crippen LogP contribution in [0.4, 0.5) is 0 Å². The Kier molecular flexibility index (Phi) is 16.0. The van der Waals surface area contributed by atoms with E-state index in [0.29, 0.717) is 68.6 Å². The summed E-state index contributed by atoms with van der Waals surface area (Å²) in [4.78, 5) is 79.4. The number of rotatable bonds is 17. The first-order valence-electron chi connectivity index (χ1n) is 24.0. The van der Waals surface area contributed by atoms with Crippen LogP contribution in [0.25, 0.3) is 0 Å². The number of nitrogens with two attached hydrogens (primary N) is 2. The molecule has 4 amide bonds. The quantitative estimate of drug-likeness (QED) is 0.0655. The third-order valence-corrected chi connectivity index (χ3v) is 13.8. The van der Waals surface area contributed by atoms with E-state index in [1.54, 1.807) is 34.1 Å². The molecule has 69 heavy (non-hydrogen) atoms. The number of nitrogens with zero attached hydrogens (tertiary/aromatic N) is 3. The van der Waals surface area contributed by atoms with Gasteiger partial charge >= 0.3 is 0 Å². The normalized spacial score (nSPS) is 16.3. The van der Waals surface area contributed by atoms with Crippen LogP contribution in [0.1, 0.15) is 92.0 Å². The molecular weight excluding hydrogens is 873 g/mol. The Morgan fingerprint density at radius 2 is 1.07 bits per heavy atom. The molecule has 1 aromatic heterocycles. The fourth-order valence-corrected chi connectivity index (χ4v) is 9.98. The molecule has 0 saturated carbocycles. The number of amides is 4. The highest BCUT2D eigenvalue weighted by Gasteiger charge is 2.38. The summed E-state index contributed by atoms with van der Waals surface area (Å²) >= 11 is 0. The fourth-order valence-electron chi connectivity index (χ4n) is 9.98. The van der Waals surface area contributed by atoms with Gasteiger partial charge in [-0.1, -0.05) is 48.5 Å². The zero-order valence-electron chi connectivity index (χ0n) is 40.4. The van der Waals surface area contributed by atoms with Gasteiger partial charge in [0.25, 0.3) is 5.56 Å². The maximum atomic E-state index is 14.0. The molecular formula is C54H66N8O7. The summed E-state index contributed by atoms with van der Waals surface area (Å²) in [6, 6.07) is 18.9. The number of carbonyl (C=O) groups excluding carboxylic acids is 4. The summed E-state index contributed by atoms with van der Waals surface area (Å²) in [6.45, 7) is 10.5. The molecule has 364 valence electrons. The Bertz CT molecular complexity index is 2740. The minimum atomic E-state index is -0.892. The van der Waals surface area contributed by atoms with E-state index in [2.05, 4.69) is 20.6 Å². The minimum absolute atomic E-state index is 0.154. The van der Waals surface area contributed by atoms with Crippen LogP contribution in [0.15, 0.2) is 77.6 Å². The number of phenols is 2. The topological polar surface area (TPSA) is 237 Å². The number of nitrogens with one attached hydrogen (secondary N) is 3. The van der Waals surface area contributed by atoms with Gasteiger partial charge in [0, 0.05) is 44.7 Å². The third-order valence-electron chi connectivity index (χ3n) is 13.8. The van der Waals surface area contributed by atoms with Crippen LogP contribution in [-0.2, 0) is 70.8 Å². The van der Waals surface area contributed by atoms with Gasteiger partial charge in [0.2, 0.25) is 23.6 Å². The van der Waals surface area contributed by atoms with E-state index in [-0.39, 0.29) is 73.2 Å². The SMILES string of the molecule is Cc1cc(O)cc(C)c1C[C@H](N)C(=O)N1Cc2ccccc2C[C@H]1C(=O)NCCCCc1[nH]c(=O)c(CCCNC(=O)[C@@H]2Cc3ccccc3CN2C(=O)[C@@H](N)Cc2c(C)cc(O)cc2C)nc1C. The van der Waals surface area contributed by atoms with E-state index in [9.17, 15) is 34.2 Å². The molecule has 5 aromatic rings. The lowest BCUT2D eigenvalue weighted by Gasteiger charge is -2.37. The third kappa shape index (κ3) is 11.9. The Hall–Kier alpha value is -6.84. The summed E-state index contributed by atoms with van der Waals surface area (Å²) in [5, 5.41) is 26.1. The van der Waals surface area contributed by atoms with E-state index < -0.39 is 24.2 Å². The summed E-state index contributed by atoms with van der Waals surface area (Å²) in [5.74, 6) is -0.864. The number of aryl methyl sites for hydroxylation is 7. The van der Waals surface area contributed by atoms with Gasteiger partial charge in [-0.15, -0.1) is 0 Å². The highest BCUT2D eigenvalue weighted by atomic mass is 16.3. The molecule has 4 aromatic carbocycles. The van der Waals surface area contributed by atoms with Crippen LogP contribution in [0.3, 0.4) is 0 Å². The molecule has 2 aliphatic rings. The van der Waals surface area contributed by atoms with Crippen LogP contribution in [0.5, 0.6) is 11.5 Å². The van der Waals surface area contributed by atoms with E-state index >= 15 is 0 Å². The van der Waals surface area contributed by atoms with E-state index in [1.165, 1.54) is 0 Å². The van der Waals surface area contributed by atoms with Gasteiger partial charge in [0.15, 0.2) is 0 Å². The molecule has 2 aliphatic heterocycles. The number of benzene rings is 4. The van der Waals surface area contributed by atoms with Crippen molar-refractivity contribution in [3.05, 3.63) is 156 Å². The first kappa shape index (κ1) is 50.0. The largest absolute Gasteiger partial charge is 0.508 e. The average Bonchev–Trinajstić information content (AvgIpc) is 3.32. The number of aromatic hydroxyl groups is 2. The van der Waals surface area contributed by atoms with Crippen molar-refractivity contribution in [2.75, 3.05) is 13.1 Å². The smallest absolute Gasteiger partial charge is 0.269 e. The van der Waals surface area contributed by atoms with Crippen molar-refractivity contribution in [3.8, 4) is 11.5 Å². The summed E-state index contributed by atoms with van der Waals surface area (Å²) in [7, 11) is 0. The summed E-state index contributed by atoms with van der Waals surface area (Å²) in [6.07, 6.45) is 3.90. The highest BCUT2D eigenvalue weighted by Crippen LogP contribution is 2.29. The molecule has 3 heterocycles. The van der Waals surface area contributed by atoms with Crippen molar-refractivity contribution in [2.24, 2.45) is 11.5 Å². The zero-order valence-corrected chi connectivity index (χ0v) is 40.4. The van der Waals surface area contributed by atoms with Crippen molar-refractivity contribution in [1.82, 2.24) is 30.4 Å². The Morgan fingerprint density at radius 3 is 1.52 bits per heavy atom. The summed E-state index contributed by atoms with van der Waals surface area (Å²) < 4.78 is 0. The van der Waals surface area contributed by atoms with Gasteiger partial charge < -0.3 is 47.1 Å². The predicted molar refractivity (Wildman–Crippen MR) is 264 cm³/mol. The second-order valence-corrected chi connectivity index (χ2v) is 18.9. The number of hydrogen-bond donors (Lipinski definition) is 7. The fraction of sp³-hybridized carbons (Fsp3) is 0.407. The first-order valence-corrected chi connectivity index (χ1v) is 24.0. The number of carbonyl (C=O) groups is 4. The average molecular weight is 939 g/mol. The number of fused-ring (bicyclic) bond motifs is 2. The molecule has 0 fully saturated rings. The lowest BCUT2D eigenvalue weighted by atomic mass is 9.91. The van der Waals surface area contributed by atoms with Crippen LogP contribution in [0.2, 0.25) is 0 Å². The van der Waals surface area contributed by atoms with Crippen molar-refractivity contribution in [3.63, 3.8) is 0 Å². The molecule has 0 bridgehead atoms. The van der Waals surface area contributed by atoms with Gasteiger partial charge in [-0.3, -0.25) is 29.0 Å². The molecule has 4 atom stereocenters. The predicted octanol–water partition coefficient (Wildman–Crippen LogP) is 4.26. The maximum Gasteiger partial charge on any atom is 0.269 e. The van der Waals surface area contributed by atoms with Gasteiger partial charge in [-0.25, -0.2) is 0 Å². The van der Waals surface area contributed by atoms with E-state index in [4.69, 9.17) is 11.5 Å². The van der Waals surface area contributed by atoms with Gasteiger partial charge in [-0.2, -0.15) is 0 Å². The Morgan fingerprint density at radius 1 is 0.652 bits per heavy atom. The van der Waals surface area contributed by atoms with E-state index in [0.717, 1.165) is 55.6 Å². The number of hydrogen-bond acceptors (Lipinski definition) is 10. The number of phenolic OH excluding ortho intramolecular Hbond substituents is 2. The first-order chi connectivity index (χ1) is 33.0. The molecule has 7 rings (SSSR count). The second kappa shape index (κ2) is 22.1. The molecule has 0 radical (unpaired) electrons. The number of unbranched alkanes of at least 4 members (excludes halogenated alkanes) is 1. The molecule has 15 nitrogen and oxygen atoms in total. The standard InChI is InChI=1S/C54H66N8O7/c1-31-21-40(63)22-32(2)42(31)27-44(55)53(68)61-29-38-15-8-6-13-36(38)25-48(61)51(66)57-19-11-10-17-46-35(5)59-47(50(65)60-46)18-12-20-58-52(67)49-26-37-14-7-9-16-39(37)30-62(49)54(69)45(56)28-43-33(3)23-41(64)24-34(43)4/h6-9,13-16,21-24,44-45,48-49,63-64H,10-12,17-20,25-30,55-56H2,1-5H3,(H,57,66)(H,58,67)(H,60,65)/t44-,45-,48-,49-/m0/s1. The zero-order chi connectivity index (χ0) is 49.5. The molecule has 15 heteroatoms. The Balaban J connectivity index is 0.890. The molecule has 0 aliphatic carbocycles. The second-order valence-electron chi connectivity index (χ2n) is 18.9.